The van der Waals surface area contributed by atoms with Gasteiger partial charge in [0, 0.05) is 0 Å². The molecule has 1 N–H and O–H groups in total. The van der Waals surface area contributed by atoms with Crippen LogP contribution in [-0.4, -0.2) is 27.0 Å². The number of carbonyl (C=O) groups excluding carboxylic acids is 1. The third-order valence-electron chi connectivity index (χ3n) is 3.16. The fourth-order valence-corrected chi connectivity index (χ4v) is 2.45. The zero-order valence-corrected chi connectivity index (χ0v) is 15.6. The molecule has 0 unspecified atom stereocenters. The van der Waals surface area contributed by atoms with E-state index in [0.29, 0.717) is 11.1 Å². The maximum Gasteiger partial charge on any atom is 0.209 e. The van der Waals surface area contributed by atoms with Gasteiger partial charge in [0.05, 0.1) is 18.4 Å². The average Bonchev–Trinajstić information content (AvgIpc) is 2.47. The van der Waals surface area contributed by atoms with E-state index < -0.39 is 28.2 Å². The molecule has 0 aliphatic heterocycles. The summed E-state index contributed by atoms with van der Waals surface area (Å²) in [6.45, 7) is 1.11. The van der Waals surface area contributed by atoms with Crippen LogP contribution in [-0.2, 0) is 10.0 Å². The monoisotopic (exact) mass is 448 g/mol. The lowest BCUT2D eigenvalue weighted by Gasteiger charge is -2.10. The number of carbonyl (C=O) groups is 1. The van der Waals surface area contributed by atoms with E-state index >= 15 is 0 Å². The van der Waals surface area contributed by atoms with Gasteiger partial charge in [-0.2, -0.15) is 0 Å². The van der Waals surface area contributed by atoms with E-state index in [-0.39, 0.29) is 29.5 Å². The number of sulfonamides is 1. The largest absolute Gasteiger partial charge is 1.00 e. The Morgan fingerprint density at radius 1 is 1.13 bits per heavy atom. The predicted octanol–water partition coefficient (Wildman–Crippen LogP) is -0.463. The molecule has 0 heterocycles. The maximum absolute atomic E-state index is 14.2. The van der Waals surface area contributed by atoms with Gasteiger partial charge >= 0.3 is 0 Å². The molecule has 4 nitrogen and oxygen atoms in total. The summed E-state index contributed by atoms with van der Waals surface area (Å²) in [6.07, 6.45) is 0.947. The standard InChI is InChI=1S/C16H16FNO3S.HI/c1-11-8-13(12-6-4-3-5-7-12)9-14(16(11)17)15(19)10-18-22(2,20)21;/h3-9,18H,10H2,1-2H3;1H/p-1. The molecule has 7 heteroatoms. The van der Waals surface area contributed by atoms with Crippen LogP contribution < -0.4 is 28.7 Å². The van der Waals surface area contributed by atoms with Crippen molar-refractivity contribution in [3.05, 3.63) is 59.4 Å². The smallest absolute Gasteiger partial charge is 0.209 e. The van der Waals surface area contributed by atoms with Gasteiger partial charge in [0.15, 0.2) is 5.78 Å². The van der Waals surface area contributed by atoms with Crippen molar-refractivity contribution < 1.29 is 41.6 Å². The van der Waals surface area contributed by atoms with Crippen molar-refractivity contribution in [3.63, 3.8) is 0 Å². The molecule has 0 spiro atoms. The highest BCUT2D eigenvalue weighted by atomic mass is 127. The van der Waals surface area contributed by atoms with E-state index in [2.05, 4.69) is 4.72 Å². The molecule has 0 fully saturated rings. The summed E-state index contributed by atoms with van der Waals surface area (Å²) in [5.41, 5.74) is 1.79. The first-order valence-corrected chi connectivity index (χ1v) is 8.50. The van der Waals surface area contributed by atoms with Crippen molar-refractivity contribution >= 4 is 15.8 Å². The van der Waals surface area contributed by atoms with Crippen LogP contribution in [0.4, 0.5) is 4.39 Å². The van der Waals surface area contributed by atoms with Crippen molar-refractivity contribution in [2.45, 2.75) is 6.92 Å². The van der Waals surface area contributed by atoms with Crippen LogP contribution >= 0.6 is 0 Å². The molecule has 0 aromatic heterocycles. The molecule has 124 valence electrons. The third-order valence-corrected chi connectivity index (χ3v) is 3.83. The van der Waals surface area contributed by atoms with Crippen molar-refractivity contribution in [1.82, 2.24) is 4.72 Å². The molecule has 0 aliphatic rings. The molecule has 23 heavy (non-hydrogen) atoms. The van der Waals surface area contributed by atoms with Crippen LogP contribution in [0.1, 0.15) is 15.9 Å². The van der Waals surface area contributed by atoms with Gasteiger partial charge in [-0.25, -0.2) is 17.5 Å². The van der Waals surface area contributed by atoms with Gasteiger partial charge in [-0.15, -0.1) is 0 Å². The summed E-state index contributed by atoms with van der Waals surface area (Å²) in [6, 6.07) is 12.4. The van der Waals surface area contributed by atoms with Crippen LogP contribution in [0.3, 0.4) is 0 Å². The lowest BCUT2D eigenvalue weighted by molar-refractivity contribution is -0.0000152. The minimum absolute atomic E-state index is 0. The number of halogens is 2. The Morgan fingerprint density at radius 2 is 1.74 bits per heavy atom. The van der Waals surface area contributed by atoms with E-state index in [9.17, 15) is 17.6 Å². The Bertz CT molecular complexity index is 808. The van der Waals surface area contributed by atoms with Gasteiger partial charge in [-0.05, 0) is 35.7 Å². The van der Waals surface area contributed by atoms with Crippen molar-refractivity contribution in [3.8, 4) is 11.1 Å². The molecule has 0 bridgehead atoms. The summed E-state index contributed by atoms with van der Waals surface area (Å²) < 4.78 is 38.4. The highest BCUT2D eigenvalue weighted by Crippen LogP contribution is 2.25. The SMILES string of the molecule is Cc1cc(-c2ccccc2)cc(C(=O)CNS(C)(=O)=O)c1F.[I-]. The molecular formula is C16H16FINO3S-. The molecule has 0 saturated heterocycles. The number of hydrogen-bond acceptors (Lipinski definition) is 3. The third kappa shape index (κ3) is 5.36. The number of ketones is 1. The number of aryl methyl sites for hydroxylation is 1. The van der Waals surface area contributed by atoms with Crippen molar-refractivity contribution in [1.29, 1.82) is 0 Å². The number of rotatable bonds is 5. The van der Waals surface area contributed by atoms with E-state index in [1.807, 2.05) is 30.3 Å². The molecule has 0 amide bonds. The zero-order chi connectivity index (χ0) is 16.3. The topological polar surface area (TPSA) is 63.2 Å². The molecule has 0 saturated carbocycles. The summed E-state index contributed by atoms with van der Waals surface area (Å²) >= 11 is 0. The molecular weight excluding hydrogens is 432 g/mol. The van der Waals surface area contributed by atoms with E-state index in [4.69, 9.17) is 0 Å². The number of benzene rings is 2. The quantitative estimate of drug-likeness (QED) is 0.498. The Balaban J connectivity index is 0.00000264. The minimum Gasteiger partial charge on any atom is -1.00 e. The van der Waals surface area contributed by atoms with Gasteiger partial charge in [-0.3, -0.25) is 4.79 Å². The summed E-state index contributed by atoms with van der Waals surface area (Å²) in [7, 11) is -3.51. The minimum atomic E-state index is -3.51. The highest BCUT2D eigenvalue weighted by Gasteiger charge is 2.17. The molecule has 2 aromatic rings. The molecule has 2 aromatic carbocycles. The Morgan fingerprint density at radius 3 is 2.30 bits per heavy atom. The number of nitrogens with one attached hydrogen (secondary N) is 1. The van der Waals surface area contributed by atoms with Gasteiger partial charge in [0.1, 0.15) is 5.82 Å². The van der Waals surface area contributed by atoms with E-state index in [0.717, 1.165) is 11.8 Å². The lowest BCUT2D eigenvalue weighted by atomic mass is 9.98. The first kappa shape index (κ1) is 19.7. The second kappa shape index (κ2) is 7.98. The highest BCUT2D eigenvalue weighted by molar-refractivity contribution is 7.88. The molecule has 0 aliphatic carbocycles. The lowest BCUT2D eigenvalue weighted by Crippen LogP contribution is -3.00. The first-order chi connectivity index (χ1) is 10.3. The number of Topliss-reactive ketones (excluding diaryl/α,β-unsaturated/α-hetero) is 1. The molecule has 0 radical (unpaired) electrons. The van der Waals surface area contributed by atoms with Gasteiger partial charge in [0.2, 0.25) is 10.0 Å². The molecule has 2 rings (SSSR count). The number of hydrogen-bond donors (Lipinski definition) is 1. The van der Waals surface area contributed by atoms with E-state index in [1.165, 1.54) is 6.07 Å². The van der Waals surface area contributed by atoms with Crippen LogP contribution in [0.5, 0.6) is 0 Å². The summed E-state index contributed by atoms with van der Waals surface area (Å²) in [5, 5.41) is 0. The predicted molar refractivity (Wildman–Crippen MR) is 83.8 cm³/mol. The van der Waals surface area contributed by atoms with Gasteiger partial charge in [0.25, 0.3) is 0 Å². The Labute approximate surface area is 152 Å². The second-order valence-electron chi connectivity index (χ2n) is 5.04. The fraction of sp³-hybridized carbons (Fsp3) is 0.188. The van der Waals surface area contributed by atoms with Gasteiger partial charge in [-0.1, -0.05) is 30.3 Å². The van der Waals surface area contributed by atoms with Crippen LogP contribution in [0.15, 0.2) is 42.5 Å². The molecule has 0 atom stereocenters. The fourth-order valence-electron chi connectivity index (χ4n) is 2.06. The summed E-state index contributed by atoms with van der Waals surface area (Å²) in [4.78, 5) is 12.1. The zero-order valence-electron chi connectivity index (χ0n) is 12.6. The Kier molecular flexibility index (Phi) is 6.84. The summed E-state index contributed by atoms with van der Waals surface area (Å²) in [5.74, 6) is -1.23. The van der Waals surface area contributed by atoms with Crippen molar-refractivity contribution in [2.75, 3.05) is 12.8 Å². The van der Waals surface area contributed by atoms with E-state index in [1.54, 1.807) is 13.0 Å². The van der Waals surface area contributed by atoms with Crippen LogP contribution in [0.2, 0.25) is 0 Å². The Hall–Kier alpha value is -1.32. The maximum atomic E-state index is 14.2. The van der Waals surface area contributed by atoms with Crippen molar-refractivity contribution in [2.24, 2.45) is 0 Å². The second-order valence-corrected chi connectivity index (χ2v) is 6.87. The van der Waals surface area contributed by atoms with Crippen LogP contribution in [0, 0.1) is 12.7 Å². The van der Waals surface area contributed by atoms with Crippen LogP contribution in [0.25, 0.3) is 11.1 Å². The normalized spacial score (nSPS) is 10.9. The van der Waals surface area contributed by atoms with Gasteiger partial charge < -0.3 is 24.0 Å². The average molecular weight is 448 g/mol. The first-order valence-electron chi connectivity index (χ1n) is 6.61.